The second-order valence-electron chi connectivity index (χ2n) is 3.55. The number of halogens is 1. The summed E-state index contributed by atoms with van der Waals surface area (Å²) in [4.78, 5) is 12.8. The molecule has 0 atom stereocenters. The van der Waals surface area contributed by atoms with Crippen molar-refractivity contribution in [3.63, 3.8) is 0 Å². The fourth-order valence-corrected chi connectivity index (χ4v) is 1.68. The second-order valence-corrected chi connectivity index (χ2v) is 3.55. The van der Waals surface area contributed by atoms with Crippen LogP contribution in [0, 0.1) is 17.1 Å². The van der Waals surface area contributed by atoms with Crippen molar-refractivity contribution in [1.82, 2.24) is 5.32 Å². The first-order valence-corrected chi connectivity index (χ1v) is 4.92. The highest BCUT2D eigenvalue weighted by molar-refractivity contribution is 5.82. The molecule has 0 aliphatic carbocycles. The van der Waals surface area contributed by atoms with E-state index in [0.717, 1.165) is 0 Å². The van der Waals surface area contributed by atoms with Gasteiger partial charge in [-0.2, -0.15) is 5.26 Å². The van der Waals surface area contributed by atoms with Crippen LogP contribution in [0.4, 0.5) is 10.1 Å². The van der Waals surface area contributed by atoms with Gasteiger partial charge in [0.2, 0.25) is 5.91 Å². The molecule has 1 aromatic carbocycles. The molecule has 5 heteroatoms. The number of rotatable bonds is 1. The van der Waals surface area contributed by atoms with Gasteiger partial charge in [0.1, 0.15) is 5.82 Å². The number of carbonyl (C=O) groups is 1. The quantitative estimate of drug-likeness (QED) is 0.753. The molecule has 1 saturated heterocycles. The highest BCUT2D eigenvalue weighted by atomic mass is 19.1. The summed E-state index contributed by atoms with van der Waals surface area (Å²) in [5.41, 5.74) is 0.650. The molecule has 0 radical (unpaired) electrons. The number of nitriles is 1. The normalized spacial score (nSPS) is 15.5. The molecule has 0 bridgehead atoms. The Labute approximate surface area is 92.3 Å². The summed E-state index contributed by atoms with van der Waals surface area (Å²) in [6.45, 7) is 1.25. The molecule has 4 nitrogen and oxygen atoms in total. The largest absolute Gasteiger partial charge is 0.358 e. The summed E-state index contributed by atoms with van der Waals surface area (Å²) in [5, 5.41) is 11.3. The predicted octanol–water partition coefficient (Wildman–Crippen LogP) is 0.634. The summed E-state index contributed by atoms with van der Waals surface area (Å²) in [5.74, 6) is -0.580. The van der Waals surface area contributed by atoms with E-state index in [1.807, 2.05) is 6.07 Å². The van der Waals surface area contributed by atoms with Crippen molar-refractivity contribution in [3.8, 4) is 6.07 Å². The first-order valence-electron chi connectivity index (χ1n) is 4.92. The van der Waals surface area contributed by atoms with Gasteiger partial charge < -0.3 is 10.2 Å². The summed E-state index contributed by atoms with van der Waals surface area (Å²) in [6.07, 6.45) is 0. The third-order valence-electron chi connectivity index (χ3n) is 2.46. The van der Waals surface area contributed by atoms with Crippen LogP contribution in [0.3, 0.4) is 0 Å². The third-order valence-corrected chi connectivity index (χ3v) is 2.46. The maximum Gasteiger partial charge on any atom is 0.239 e. The zero-order valence-electron chi connectivity index (χ0n) is 8.53. The van der Waals surface area contributed by atoms with Gasteiger partial charge in [0.25, 0.3) is 0 Å². The molecule has 0 unspecified atom stereocenters. The third kappa shape index (κ3) is 1.96. The Kier molecular flexibility index (Phi) is 2.73. The van der Waals surface area contributed by atoms with Crippen LogP contribution in [0.1, 0.15) is 5.56 Å². The van der Waals surface area contributed by atoms with Crippen LogP contribution in [0.5, 0.6) is 0 Å². The number of carbonyl (C=O) groups excluding carboxylic acids is 1. The number of hydrogen-bond donors (Lipinski definition) is 1. The molecule has 2 rings (SSSR count). The van der Waals surface area contributed by atoms with Crippen molar-refractivity contribution in [1.29, 1.82) is 5.26 Å². The Hall–Kier alpha value is -2.09. The Morgan fingerprint density at radius 1 is 1.50 bits per heavy atom. The van der Waals surface area contributed by atoms with Crippen LogP contribution in [0.15, 0.2) is 18.2 Å². The van der Waals surface area contributed by atoms with Crippen molar-refractivity contribution < 1.29 is 9.18 Å². The molecule has 0 aromatic heterocycles. The first-order chi connectivity index (χ1) is 7.70. The zero-order valence-corrected chi connectivity index (χ0v) is 8.53. The average Bonchev–Trinajstić information content (AvgIpc) is 2.28. The van der Waals surface area contributed by atoms with Gasteiger partial charge in [-0.15, -0.1) is 0 Å². The molecule has 82 valence electrons. The van der Waals surface area contributed by atoms with E-state index in [4.69, 9.17) is 5.26 Å². The molecule has 16 heavy (non-hydrogen) atoms. The van der Waals surface area contributed by atoms with E-state index in [-0.39, 0.29) is 18.0 Å². The highest BCUT2D eigenvalue weighted by Crippen LogP contribution is 2.20. The van der Waals surface area contributed by atoms with E-state index in [1.165, 1.54) is 12.1 Å². The van der Waals surface area contributed by atoms with Crippen molar-refractivity contribution >= 4 is 11.6 Å². The second kappa shape index (κ2) is 4.19. The fraction of sp³-hybridized carbons (Fsp3) is 0.273. The number of amides is 1. The van der Waals surface area contributed by atoms with E-state index < -0.39 is 5.82 Å². The molecule has 1 aromatic rings. The smallest absolute Gasteiger partial charge is 0.239 e. The lowest BCUT2D eigenvalue weighted by Gasteiger charge is -2.28. The van der Waals surface area contributed by atoms with E-state index in [2.05, 4.69) is 5.32 Å². The molecule has 0 saturated carbocycles. The van der Waals surface area contributed by atoms with Crippen molar-refractivity contribution in [3.05, 3.63) is 29.6 Å². The number of hydrogen-bond acceptors (Lipinski definition) is 3. The molecule has 1 aliphatic rings. The standard InChI is InChI=1S/C11H10FN3O/c12-9-5-8(6-13)1-2-10(9)15-4-3-14-11(16)7-15/h1-2,5H,3-4,7H2,(H,14,16). The maximum atomic E-state index is 13.6. The van der Waals surface area contributed by atoms with Gasteiger partial charge in [-0.1, -0.05) is 0 Å². The average molecular weight is 219 g/mol. The van der Waals surface area contributed by atoms with Gasteiger partial charge in [-0.25, -0.2) is 4.39 Å². The van der Waals surface area contributed by atoms with Gasteiger partial charge >= 0.3 is 0 Å². The maximum absolute atomic E-state index is 13.6. The van der Waals surface area contributed by atoms with Crippen LogP contribution < -0.4 is 10.2 Å². The van der Waals surface area contributed by atoms with E-state index in [1.54, 1.807) is 11.0 Å². The minimum absolute atomic E-state index is 0.116. The van der Waals surface area contributed by atoms with Crippen molar-refractivity contribution in [2.75, 3.05) is 24.5 Å². The SMILES string of the molecule is N#Cc1ccc(N2CCNC(=O)C2)c(F)c1. The Morgan fingerprint density at radius 2 is 2.31 bits per heavy atom. The number of piperazine rings is 1. The fourth-order valence-electron chi connectivity index (χ4n) is 1.68. The molecule has 0 spiro atoms. The van der Waals surface area contributed by atoms with Crippen LogP contribution in [0.25, 0.3) is 0 Å². The van der Waals surface area contributed by atoms with E-state index in [0.29, 0.717) is 18.8 Å². The lowest BCUT2D eigenvalue weighted by atomic mass is 10.2. The minimum Gasteiger partial charge on any atom is -0.358 e. The Bertz CT molecular complexity index is 467. The Morgan fingerprint density at radius 3 is 2.94 bits per heavy atom. The number of nitrogens with one attached hydrogen (secondary N) is 1. The molecule has 1 N–H and O–H groups in total. The van der Waals surface area contributed by atoms with Gasteiger partial charge in [-0.05, 0) is 18.2 Å². The summed E-state index contributed by atoms with van der Waals surface area (Å²) < 4.78 is 13.6. The summed E-state index contributed by atoms with van der Waals surface area (Å²) in [6, 6.07) is 6.13. The monoisotopic (exact) mass is 219 g/mol. The van der Waals surface area contributed by atoms with Crippen LogP contribution in [-0.4, -0.2) is 25.5 Å². The highest BCUT2D eigenvalue weighted by Gasteiger charge is 2.19. The first kappa shape index (κ1) is 10.4. The van der Waals surface area contributed by atoms with Crippen molar-refractivity contribution in [2.45, 2.75) is 0 Å². The van der Waals surface area contributed by atoms with Gasteiger partial charge in [0, 0.05) is 13.1 Å². The van der Waals surface area contributed by atoms with Gasteiger partial charge in [0.15, 0.2) is 0 Å². The molecule has 1 fully saturated rings. The van der Waals surface area contributed by atoms with Crippen LogP contribution in [0.2, 0.25) is 0 Å². The van der Waals surface area contributed by atoms with E-state index in [9.17, 15) is 9.18 Å². The molecule has 1 heterocycles. The zero-order chi connectivity index (χ0) is 11.5. The number of benzene rings is 1. The molecule has 1 amide bonds. The molecular formula is C11H10FN3O. The predicted molar refractivity (Wildman–Crippen MR) is 56.3 cm³/mol. The van der Waals surface area contributed by atoms with Crippen LogP contribution >= 0.6 is 0 Å². The lowest BCUT2D eigenvalue weighted by Crippen LogP contribution is -2.48. The van der Waals surface area contributed by atoms with E-state index >= 15 is 0 Å². The Balaban J connectivity index is 2.27. The lowest BCUT2D eigenvalue weighted by molar-refractivity contribution is -0.120. The van der Waals surface area contributed by atoms with Crippen LogP contribution in [-0.2, 0) is 4.79 Å². The number of anilines is 1. The summed E-state index contributed by atoms with van der Waals surface area (Å²) in [7, 11) is 0. The summed E-state index contributed by atoms with van der Waals surface area (Å²) >= 11 is 0. The molecule has 1 aliphatic heterocycles. The van der Waals surface area contributed by atoms with Crippen molar-refractivity contribution in [2.24, 2.45) is 0 Å². The number of nitrogens with zero attached hydrogens (tertiary/aromatic N) is 2. The minimum atomic E-state index is -0.464. The molecular weight excluding hydrogens is 209 g/mol. The topological polar surface area (TPSA) is 56.1 Å². The van der Waals surface area contributed by atoms with Gasteiger partial charge in [-0.3, -0.25) is 4.79 Å². The van der Waals surface area contributed by atoms with Gasteiger partial charge in [0.05, 0.1) is 23.9 Å².